The molecule has 0 spiro atoms. The Labute approximate surface area is 90.4 Å². The van der Waals surface area contributed by atoms with Crippen molar-refractivity contribution >= 4 is 49.7 Å². The fourth-order valence-electron chi connectivity index (χ4n) is 0.716. The minimum absolute atomic E-state index is 0.0847. The van der Waals surface area contributed by atoms with Gasteiger partial charge in [-0.05, 0) is 0 Å². The fourth-order valence-corrected chi connectivity index (χ4v) is 0.903. The van der Waals surface area contributed by atoms with Crippen LogP contribution in [-0.2, 0) is 19.1 Å². The second-order valence-electron chi connectivity index (χ2n) is 2.37. The van der Waals surface area contributed by atoms with Crippen LogP contribution >= 0.6 is 31.9 Å². The molecule has 72 valence electrons. The quantitative estimate of drug-likeness (QED) is 0.339. The maximum Gasteiger partial charge on any atom is 0.338 e. The second-order valence-corrected chi connectivity index (χ2v) is 5.43. The Hall–Kier alpha value is -0.430. The van der Waals surface area contributed by atoms with E-state index < -0.39 is 21.7 Å². The number of nitrogens with one attached hydrogen (secondary N) is 1. The van der Waals surface area contributed by atoms with Gasteiger partial charge in [-0.2, -0.15) is 0 Å². The van der Waals surface area contributed by atoms with E-state index in [-0.39, 0.29) is 12.3 Å². The van der Waals surface area contributed by atoms with Crippen molar-refractivity contribution in [1.82, 2.24) is 5.32 Å². The Morgan fingerprint density at radius 1 is 1.54 bits per heavy atom. The molecule has 1 aliphatic rings. The van der Waals surface area contributed by atoms with Gasteiger partial charge in [0.25, 0.3) is 0 Å². The first-order valence-corrected chi connectivity index (χ1v) is 5.17. The van der Waals surface area contributed by atoms with Crippen LogP contribution in [0.25, 0.3) is 0 Å². The third-order valence-corrected chi connectivity index (χ3v) is 2.14. The Kier molecular flexibility index (Phi) is 3.43. The molecule has 0 aliphatic carbocycles. The van der Waals surface area contributed by atoms with Gasteiger partial charge in [0.05, 0.1) is 6.42 Å². The summed E-state index contributed by atoms with van der Waals surface area (Å²) in [6.07, 6.45) is 0.0847. The zero-order valence-electron chi connectivity index (χ0n) is 6.25. The number of esters is 2. The van der Waals surface area contributed by atoms with Crippen LogP contribution in [0.3, 0.4) is 0 Å². The topological polar surface area (TPSA) is 72.5 Å². The van der Waals surface area contributed by atoms with Gasteiger partial charge in [0, 0.05) is 0 Å². The lowest BCUT2D eigenvalue weighted by Gasteiger charge is -2.24. The summed E-state index contributed by atoms with van der Waals surface area (Å²) in [5.74, 6) is -1.68. The summed E-state index contributed by atoms with van der Waals surface area (Å²) in [5, 5.41) is 2.29. The average molecular weight is 315 g/mol. The van der Waals surface area contributed by atoms with Crippen LogP contribution in [-0.4, -0.2) is 27.6 Å². The Balaban J connectivity index is 2.34. The van der Waals surface area contributed by atoms with Crippen molar-refractivity contribution in [2.75, 3.05) is 0 Å². The smallest absolute Gasteiger partial charge is 0.338 e. The van der Waals surface area contributed by atoms with Crippen molar-refractivity contribution in [2.45, 2.75) is 16.2 Å². The summed E-state index contributed by atoms with van der Waals surface area (Å²) in [6.45, 7) is 0. The van der Waals surface area contributed by atoms with Gasteiger partial charge < -0.3 is 10.1 Å². The molecule has 1 amide bonds. The molecule has 0 radical (unpaired) electrons. The molecule has 1 aliphatic heterocycles. The van der Waals surface area contributed by atoms with Gasteiger partial charge in [0.15, 0.2) is 3.74 Å². The standard InChI is InChI=1S/C6H5Br2NO4/c7-4(8)6(12)13-5(11)2-1-3(10)9-2/h2,4H,1H2,(H,9,10). The zero-order valence-corrected chi connectivity index (χ0v) is 9.42. The highest BCUT2D eigenvalue weighted by atomic mass is 79.9. The van der Waals surface area contributed by atoms with Gasteiger partial charge in [-0.3, -0.25) is 4.79 Å². The minimum atomic E-state index is -0.730. The highest BCUT2D eigenvalue weighted by Crippen LogP contribution is 2.12. The first-order chi connectivity index (χ1) is 6.00. The molecule has 1 saturated heterocycles. The number of amides is 1. The van der Waals surface area contributed by atoms with Gasteiger partial charge in [-0.1, -0.05) is 31.9 Å². The second kappa shape index (κ2) is 4.19. The number of ether oxygens (including phenoxy) is 1. The third-order valence-electron chi connectivity index (χ3n) is 1.39. The van der Waals surface area contributed by atoms with E-state index in [0.717, 1.165) is 0 Å². The number of halogens is 2. The van der Waals surface area contributed by atoms with E-state index in [2.05, 4.69) is 41.9 Å². The summed E-state index contributed by atoms with van der Waals surface area (Å²) in [7, 11) is 0. The van der Waals surface area contributed by atoms with Crippen molar-refractivity contribution in [3.05, 3.63) is 0 Å². The monoisotopic (exact) mass is 313 g/mol. The summed E-state index contributed by atoms with van der Waals surface area (Å²) in [5.41, 5.74) is 0. The zero-order chi connectivity index (χ0) is 10.0. The van der Waals surface area contributed by atoms with Gasteiger partial charge in [-0.25, -0.2) is 9.59 Å². The van der Waals surface area contributed by atoms with Gasteiger partial charge in [0.1, 0.15) is 6.04 Å². The van der Waals surface area contributed by atoms with Crippen LogP contribution in [0.1, 0.15) is 6.42 Å². The summed E-state index contributed by atoms with van der Waals surface area (Å²) < 4.78 is 3.67. The number of alkyl halides is 2. The van der Waals surface area contributed by atoms with E-state index in [1.54, 1.807) is 0 Å². The molecule has 1 fully saturated rings. The molecule has 1 N–H and O–H groups in total. The SMILES string of the molecule is O=C1CC(C(=O)OC(=O)C(Br)Br)N1. The van der Waals surface area contributed by atoms with E-state index in [1.165, 1.54) is 0 Å². The van der Waals surface area contributed by atoms with Gasteiger partial charge >= 0.3 is 11.9 Å². The molecule has 13 heavy (non-hydrogen) atoms. The molecular weight excluding hydrogens is 310 g/mol. The van der Waals surface area contributed by atoms with Crippen molar-refractivity contribution in [3.63, 3.8) is 0 Å². The average Bonchev–Trinajstić information content (AvgIpc) is 1.98. The van der Waals surface area contributed by atoms with Crippen molar-refractivity contribution in [3.8, 4) is 0 Å². The molecule has 0 saturated carbocycles. The maximum atomic E-state index is 11.0. The van der Waals surface area contributed by atoms with Gasteiger partial charge in [-0.15, -0.1) is 0 Å². The molecular formula is C6H5Br2NO4. The molecule has 0 aromatic rings. The molecule has 0 bridgehead atoms. The van der Waals surface area contributed by atoms with Crippen molar-refractivity contribution in [1.29, 1.82) is 0 Å². The first kappa shape index (κ1) is 10.6. The Morgan fingerprint density at radius 3 is 2.46 bits per heavy atom. The van der Waals surface area contributed by atoms with E-state index >= 15 is 0 Å². The molecule has 1 heterocycles. The minimum Gasteiger partial charge on any atom is -0.390 e. The lowest BCUT2D eigenvalue weighted by atomic mass is 10.1. The largest absolute Gasteiger partial charge is 0.390 e. The lowest BCUT2D eigenvalue weighted by molar-refractivity contribution is -0.163. The van der Waals surface area contributed by atoms with Gasteiger partial charge in [0.2, 0.25) is 5.91 Å². The normalized spacial score (nSPS) is 20.5. The number of rotatable bonds is 2. The van der Waals surface area contributed by atoms with Crippen LogP contribution in [0.5, 0.6) is 0 Å². The lowest BCUT2D eigenvalue weighted by Crippen LogP contribution is -2.54. The number of carbonyl (C=O) groups excluding carboxylic acids is 3. The first-order valence-electron chi connectivity index (χ1n) is 3.33. The highest BCUT2D eigenvalue weighted by Gasteiger charge is 2.34. The molecule has 7 heteroatoms. The third kappa shape index (κ3) is 2.77. The Bertz CT molecular complexity index is 257. The van der Waals surface area contributed by atoms with Crippen LogP contribution in [0.2, 0.25) is 0 Å². The molecule has 1 rings (SSSR count). The van der Waals surface area contributed by atoms with Crippen LogP contribution in [0.15, 0.2) is 0 Å². The van der Waals surface area contributed by atoms with E-state index in [1.807, 2.05) is 0 Å². The van der Waals surface area contributed by atoms with Crippen molar-refractivity contribution in [2.24, 2.45) is 0 Å². The number of carbonyl (C=O) groups is 3. The molecule has 5 nitrogen and oxygen atoms in total. The molecule has 0 aromatic heterocycles. The predicted molar refractivity (Wildman–Crippen MR) is 49.3 cm³/mol. The summed E-state index contributed by atoms with van der Waals surface area (Å²) in [6, 6.07) is -0.671. The summed E-state index contributed by atoms with van der Waals surface area (Å²) in [4.78, 5) is 32.2. The summed E-state index contributed by atoms with van der Waals surface area (Å²) >= 11 is 5.74. The van der Waals surface area contributed by atoms with E-state index in [4.69, 9.17) is 0 Å². The highest BCUT2D eigenvalue weighted by molar-refractivity contribution is 9.25. The Morgan fingerprint density at radius 2 is 2.08 bits per heavy atom. The molecule has 0 aromatic carbocycles. The molecule has 1 unspecified atom stereocenters. The van der Waals surface area contributed by atoms with Crippen LogP contribution in [0, 0.1) is 0 Å². The maximum absolute atomic E-state index is 11.0. The molecule has 1 atom stereocenters. The van der Waals surface area contributed by atoms with E-state index in [0.29, 0.717) is 0 Å². The fraction of sp³-hybridized carbons (Fsp3) is 0.500. The number of hydrogen-bond donors (Lipinski definition) is 1. The number of hydrogen-bond acceptors (Lipinski definition) is 4. The van der Waals surface area contributed by atoms with Crippen LogP contribution < -0.4 is 5.32 Å². The predicted octanol–water partition coefficient (Wildman–Crippen LogP) is 0.0606. The number of β-lactam (4-membered cyclic amide) rings is 1. The van der Waals surface area contributed by atoms with Crippen LogP contribution in [0.4, 0.5) is 0 Å². The van der Waals surface area contributed by atoms with Crippen molar-refractivity contribution < 1.29 is 19.1 Å². The van der Waals surface area contributed by atoms with E-state index in [9.17, 15) is 14.4 Å².